The minimum Gasteiger partial charge on any atom is -0.460 e. The van der Waals surface area contributed by atoms with Crippen molar-refractivity contribution in [1.82, 2.24) is 0 Å². The first-order chi connectivity index (χ1) is 11.2. The highest BCUT2D eigenvalue weighted by molar-refractivity contribution is 6.00. The normalized spacial score (nSPS) is 52.0. The Hall–Kier alpha value is -1.28. The smallest absolute Gasteiger partial charge is 0.302 e. The van der Waals surface area contributed by atoms with Crippen LogP contribution in [-0.4, -0.2) is 65.2 Å². The number of ketones is 1. The third-order valence-electron chi connectivity index (χ3n) is 6.73. The van der Waals surface area contributed by atoms with Crippen LogP contribution in [0.25, 0.3) is 0 Å². The summed E-state index contributed by atoms with van der Waals surface area (Å²) in [5.74, 6) is -0.824. The van der Waals surface area contributed by atoms with Crippen molar-refractivity contribution in [1.29, 1.82) is 0 Å². The van der Waals surface area contributed by atoms with Gasteiger partial charge in [-0.25, -0.2) is 0 Å². The number of carbonyl (C=O) groups excluding carboxylic acids is 2. The minimum atomic E-state index is -1.39. The van der Waals surface area contributed by atoms with Crippen molar-refractivity contribution in [3.05, 3.63) is 11.6 Å². The molecule has 4 rings (SSSR count). The number of epoxide rings is 1. The predicted octanol–water partition coefficient (Wildman–Crippen LogP) is -0.267. The topological polar surface area (TPSA) is 106 Å². The fraction of sp³-hybridized carbons (Fsp3) is 0.765. The maximum Gasteiger partial charge on any atom is 0.302 e. The summed E-state index contributed by atoms with van der Waals surface area (Å²) in [5, 5.41) is 21.1. The summed E-state index contributed by atoms with van der Waals surface area (Å²) in [4.78, 5) is 23.9. The summed E-state index contributed by atoms with van der Waals surface area (Å²) >= 11 is 0. The number of aliphatic hydroxyl groups excluding tert-OH is 2. The Morgan fingerprint density at radius 2 is 2.17 bits per heavy atom. The molecule has 24 heavy (non-hydrogen) atoms. The van der Waals surface area contributed by atoms with Gasteiger partial charge in [-0.05, 0) is 25.0 Å². The minimum absolute atomic E-state index is 0.367. The molecule has 7 atom stereocenters. The quantitative estimate of drug-likeness (QED) is 0.527. The lowest BCUT2D eigenvalue weighted by Crippen LogP contribution is -2.70. The fourth-order valence-electron chi connectivity index (χ4n) is 5.30. The summed E-state index contributed by atoms with van der Waals surface area (Å²) in [6.07, 6.45) is -0.991. The maximum atomic E-state index is 12.4. The molecule has 0 aromatic carbocycles. The van der Waals surface area contributed by atoms with Crippen molar-refractivity contribution < 1.29 is 34.0 Å². The van der Waals surface area contributed by atoms with E-state index in [1.807, 2.05) is 6.92 Å². The molecule has 2 saturated heterocycles. The highest BCUT2D eigenvalue weighted by atomic mass is 16.7. The van der Waals surface area contributed by atoms with Crippen molar-refractivity contribution in [2.24, 2.45) is 10.8 Å². The van der Waals surface area contributed by atoms with Gasteiger partial charge in [0.15, 0.2) is 5.78 Å². The van der Waals surface area contributed by atoms with Gasteiger partial charge in [0.25, 0.3) is 0 Å². The van der Waals surface area contributed by atoms with Crippen molar-refractivity contribution >= 4 is 11.8 Å². The molecule has 2 bridgehead atoms. The third-order valence-corrected chi connectivity index (χ3v) is 6.73. The van der Waals surface area contributed by atoms with Gasteiger partial charge in [0.2, 0.25) is 0 Å². The zero-order valence-electron chi connectivity index (χ0n) is 13.9. The number of ether oxygens (including phenoxy) is 3. The van der Waals surface area contributed by atoms with E-state index in [4.69, 9.17) is 14.2 Å². The number of esters is 1. The van der Waals surface area contributed by atoms with Crippen LogP contribution in [0.4, 0.5) is 0 Å². The van der Waals surface area contributed by atoms with Crippen LogP contribution < -0.4 is 0 Å². The third kappa shape index (κ3) is 1.57. The molecule has 7 heteroatoms. The predicted molar refractivity (Wildman–Crippen MR) is 79.9 cm³/mol. The first-order valence-corrected chi connectivity index (χ1v) is 8.22. The molecule has 0 aromatic rings. The van der Waals surface area contributed by atoms with E-state index in [1.165, 1.54) is 6.92 Å². The van der Waals surface area contributed by atoms with Crippen LogP contribution in [0.1, 0.15) is 27.2 Å². The number of hydrogen-bond donors (Lipinski definition) is 2. The Morgan fingerprint density at radius 1 is 1.50 bits per heavy atom. The lowest BCUT2D eigenvalue weighted by molar-refractivity contribution is -0.244. The van der Waals surface area contributed by atoms with Crippen molar-refractivity contribution in [2.75, 3.05) is 13.2 Å². The Labute approximate surface area is 139 Å². The van der Waals surface area contributed by atoms with E-state index in [-0.39, 0.29) is 0 Å². The van der Waals surface area contributed by atoms with E-state index in [2.05, 4.69) is 0 Å². The Balaban J connectivity index is 1.87. The molecule has 3 fully saturated rings. The Morgan fingerprint density at radius 3 is 2.71 bits per heavy atom. The molecular formula is C17H22O7. The lowest BCUT2D eigenvalue weighted by atomic mass is 9.50. The van der Waals surface area contributed by atoms with Gasteiger partial charge in [-0.2, -0.15) is 0 Å². The van der Waals surface area contributed by atoms with Crippen molar-refractivity contribution in [2.45, 2.75) is 57.2 Å². The monoisotopic (exact) mass is 338 g/mol. The first-order valence-electron chi connectivity index (χ1n) is 8.22. The van der Waals surface area contributed by atoms with Gasteiger partial charge in [0.05, 0.1) is 24.7 Å². The van der Waals surface area contributed by atoms with E-state index < -0.39 is 59.2 Å². The number of Topliss-reactive ketones (excluding diaryl/α,β-unsaturated/α-hetero) is 1. The van der Waals surface area contributed by atoms with E-state index in [0.717, 1.165) is 0 Å². The molecule has 2 N–H and O–H groups in total. The second-order valence-corrected chi connectivity index (χ2v) is 7.65. The molecule has 1 spiro atoms. The van der Waals surface area contributed by atoms with E-state index >= 15 is 0 Å². The number of fused-ring (bicyclic) bond motifs is 2. The number of hydrogen-bond acceptors (Lipinski definition) is 7. The van der Waals surface area contributed by atoms with Gasteiger partial charge >= 0.3 is 5.97 Å². The molecule has 132 valence electrons. The molecule has 0 amide bonds. The van der Waals surface area contributed by atoms with E-state index in [1.54, 1.807) is 13.0 Å². The summed E-state index contributed by atoms with van der Waals surface area (Å²) in [6, 6.07) is 0. The molecule has 1 saturated carbocycles. The van der Waals surface area contributed by atoms with Crippen LogP contribution in [-0.2, 0) is 23.8 Å². The summed E-state index contributed by atoms with van der Waals surface area (Å²) in [6.45, 7) is 4.83. The Bertz CT molecular complexity index is 651. The molecule has 2 aliphatic heterocycles. The van der Waals surface area contributed by atoms with Crippen LogP contribution in [0.3, 0.4) is 0 Å². The fourth-order valence-corrected chi connectivity index (χ4v) is 5.30. The van der Waals surface area contributed by atoms with Crippen LogP contribution in [0.2, 0.25) is 0 Å². The number of aliphatic hydroxyl groups is 2. The zero-order valence-corrected chi connectivity index (χ0v) is 13.9. The summed E-state index contributed by atoms with van der Waals surface area (Å²) < 4.78 is 17.4. The van der Waals surface area contributed by atoms with Gasteiger partial charge in [0, 0.05) is 12.3 Å². The Kier molecular flexibility index (Phi) is 3.15. The van der Waals surface area contributed by atoms with Gasteiger partial charge in [0.1, 0.15) is 23.9 Å². The molecule has 0 aromatic heterocycles. The second-order valence-electron chi connectivity index (χ2n) is 7.65. The molecule has 2 aliphatic carbocycles. The second kappa shape index (κ2) is 4.66. The van der Waals surface area contributed by atoms with Crippen molar-refractivity contribution in [3.63, 3.8) is 0 Å². The molecule has 0 radical (unpaired) electrons. The van der Waals surface area contributed by atoms with Crippen LogP contribution in [0.15, 0.2) is 11.6 Å². The van der Waals surface area contributed by atoms with Crippen LogP contribution in [0, 0.1) is 10.8 Å². The first kappa shape index (κ1) is 16.2. The molecule has 2 heterocycles. The average molecular weight is 338 g/mol. The largest absolute Gasteiger partial charge is 0.460 e. The molecule has 3 unspecified atom stereocenters. The highest BCUT2D eigenvalue weighted by Crippen LogP contribution is 2.71. The van der Waals surface area contributed by atoms with Gasteiger partial charge in [-0.3, -0.25) is 9.59 Å². The van der Waals surface area contributed by atoms with E-state index in [0.29, 0.717) is 18.6 Å². The van der Waals surface area contributed by atoms with Gasteiger partial charge in [-0.1, -0.05) is 6.92 Å². The molecular weight excluding hydrogens is 316 g/mol. The van der Waals surface area contributed by atoms with Crippen molar-refractivity contribution in [3.8, 4) is 0 Å². The summed E-state index contributed by atoms with van der Waals surface area (Å²) in [7, 11) is 0. The maximum absolute atomic E-state index is 12.4. The standard InChI is InChI=1S/C17H22O7/c1-8-4-11-16(6-18,13(21)12(8)20)15(3)5-10(23-9(2)19)14(24-11)17(15)7-22-17/h4,10-11,13-14,18,21H,5-7H2,1-3H3/t10-,11-,13-,14-,15?,16?,17?/m1/s1. The number of carbonyl (C=O) groups is 2. The summed E-state index contributed by atoms with van der Waals surface area (Å²) in [5.41, 5.74) is -2.30. The highest BCUT2D eigenvalue weighted by Gasteiger charge is 2.83. The molecule has 4 aliphatic rings. The van der Waals surface area contributed by atoms with Gasteiger partial charge in [-0.15, -0.1) is 0 Å². The van der Waals surface area contributed by atoms with Crippen LogP contribution in [0.5, 0.6) is 0 Å². The number of rotatable bonds is 2. The molecule has 7 nitrogen and oxygen atoms in total. The van der Waals surface area contributed by atoms with Gasteiger partial charge < -0.3 is 24.4 Å². The lowest BCUT2D eigenvalue weighted by Gasteiger charge is -2.58. The zero-order chi connectivity index (χ0) is 17.5. The SMILES string of the molecule is CC(=O)O[C@@H]1CC2(C)C3(CO3)[C@@H]1O[C@@H]1C=C(C)C(=O)[C@@H](O)C12CO. The van der Waals surface area contributed by atoms with Crippen LogP contribution >= 0.6 is 0 Å². The van der Waals surface area contributed by atoms with E-state index in [9.17, 15) is 19.8 Å². The average Bonchev–Trinajstić information content (AvgIpc) is 3.27.